The number of nitrogens with zero attached hydrogens (tertiary/aromatic N) is 3. The van der Waals surface area contributed by atoms with Crippen LogP contribution in [-0.4, -0.2) is 45.2 Å². The summed E-state index contributed by atoms with van der Waals surface area (Å²) in [7, 11) is 0. The van der Waals surface area contributed by atoms with Crippen LogP contribution in [0.1, 0.15) is 58.3 Å². The molecule has 0 unspecified atom stereocenters. The Morgan fingerprint density at radius 1 is 1.19 bits per heavy atom. The SMILES string of the molecule is CC1=NO[C@]2(C=C[C@H](C)N3C[C@H]2n2cc(C(=O)NCc4ccc(F)cc4F)c(=O)c(OCc4ccccc4)c2C3=O)C1. The lowest BCUT2D eigenvalue weighted by Gasteiger charge is -2.42. The summed E-state index contributed by atoms with van der Waals surface area (Å²) >= 11 is 0. The summed E-state index contributed by atoms with van der Waals surface area (Å²) < 4.78 is 35.2. The molecule has 0 fully saturated rings. The fraction of sp³-hybridized carbons (Fsp3) is 0.290. The standard InChI is InChI=1S/C31H28F2N4O5/c1-18-13-31(42-35-18)11-10-19(2)36-16-25(31)37-15-23(29(39)34-14-21-8-9-22(32)12-24(21)33)27(38)28(26(37)30(36)40)41-17-20-6-4-3-5-7-20/h3-12,15,19,25H,13-14,16-17H2,1-2H3,(H,34,39)/t19-,25+,31+/m0/s1. The number of aromatic nitrogens is 1. The number of carbonyl (C=O) groups excluding carboxylic acids is 2. The van der Waals surface area contributed by atoms with Gasteiger partial charge in [-0.15, -0.1) is 0 Å². The molecule has 3 aromatic rings. The Hall–Kier alpha value is -4.80. The number of oxime groups is 1. The second kappa shape index (κ2) is 10.6. The highest BCUT2D eigenvalue weighted by Gasteiger charge is 2.52. The van der Waals surface area contributed by atoms with Crippen molar-refractivity contribution in [2.24, 2.45) is 5.16 Å². The Morgan fingerprint density at radius 3 is 2.69 bits per heavy atom. The number of hydrogen-bond acceptors (Lipinski definition) is 6. The molecule has 0 saturated heterocycles. The van der Waals surface area contributed by atoms with Gasteiger partial charge in [0.25, 0.3) is 11.8 Å². The fourth-order valence-corrected chi connectivity index (χ4v) is 5.67. The summed E-state index contributed by atoms with van der Waals surface area (Å²) in [5.74, 6) is -3.06. The van der Waals surface area contributed by atoms with E-state index in [1.165, 1.54) is 12.3 Å². The van der Waals surface area contributed by atoms with E-state index in [4.69, 9.17) is 9.57 Å². The molecule has 1 spiro atoms. The number of benzene rings is 2. The third-order valence-corrected chi connectivity index (χ3v) is 7.90. The summed E-state index contributed by atoms with van der Waals surface area (Å²) in [5.41, 5.74) is -0.457. The highest BCUT2D eigenvalue weighted by atomic mass is 19.1. The minimum atomic E-state index is -0.959. The third kappa shape index (κ3) is 4.74. The largest absolute Gasteiger partial charge is 0.483 e. The monoisotopic (exact) mass is 574 g/mol. The Morgan fingerprint density at radius 2 is 1.98 bits per heavy atom. The van der Waals surface area contributed by atoms with Crippen molar-refractivity contribution in [1.82, 2.24) is 14.8 Å². The van der Waals surface area contributed by atoms with E-state index in [-0.39, 0.29) is 48.3 Å². The second-order valence-corrected chi connectivity index (χ2v) is 10.8. The van der Waals surface area contributed by atoms with E-state index in [0.29, 0.717) is 12.5 Å². The number of rotatable bonds is 6. The van der Waals surface area contributed by atoms with Crippen LogP contribution in [0.15, 0.2) is 76.8 Å². The van der Waals surface area contributed by atoms with Crippen LogP contribution in [0, 0.1) is 11.6 Å². The van der Waals surface area contributed by atoms with Gasteiger partial charge in [-0.05, 0) is 31.6 Å². The number of hydrogen-bond donors (Lipinski definition) is 1. The highest BCUT2D eigenvalue weighted by Crippen LogP contribution is 2.43. The molecule has 2 amide bonds. The van der Waals surface area contributed by atoms with Gasteiger partial charge in [-0.25, -0.2) is 8.78 Å². The molecule has 0 aliphatic carbocycles. The van der Waals surface area contributed by atoms with Gasteiger partial charge in [0.15, 0.2) is 17.0 Å². The van der Waals surface area contributed by atoms with Crippen LogP contribution in [-0.2, 0) is 18.0 Å². The molecule has 3 aliphatic heterocycles. The van der Waals surface area contributed by atoms with Gasteiger partial charge in [0.1, 0.15) is 23.8 Å². The second-order valence-electron chi connectivity index (χ2n) is 10.8. The maximum absolute atomic E-state index is 14.2. The van der Waals surface area contributed by atoms with Crippen LogP contribution in [0.25, 0.3) is 0 Å². The zero-order chi connectivity index (χ0) is 29.6. The van der Waals surface area contributed by atoms with E-state index in [1.807, 2.05) is 56.3 Å². The van der Waals surface area contributed by atoms with Crippen molar-refractivity contribution in [3.05, 3.63) is 111 Å². The van der Waals surface area contributed by atoms with Gasteiger partial charge in [0, 0.05) is 43.4 Å². The lowest BCUT2D eigenvalue weighted by atomic mass is 9.87. The lowest BCUT2D eigenvalue weighted by molar-refractivity contribution is -0.0317. The van der Waals surface area contributed by atoms with Crippen molar-refractivity contribution in [2.75, 3.05) is 6.54 Å². The average molecular weight is 575 g/mol. The highest BCUT2D eigenvalue weighted by molar-refractivity contribution is 5.99. The van der Waals surface area contributed by atoms with Crippen LogP contribution in [0.3, 0.4) is 0 Å². The molecular weight excluding hydrogens is 546 g/mol. The van der Waals surface area contributed by atoms with Crippen molar-refractivity contribution < 1.29 is 27.9 Å². The fourth-order valence-electron chi connectivity index (χ4n) is 5.67. The molecule has 2 aromatic carbocycles. The lowest BCUT2D eigenvalue weighted by Crippen LogP contribution is -2.53. The predicted molar refractivity (Wildman–Crippen MR) is 149 cm³/mol. The van der Waals surface area contributed by atoms with Gasteiger partial charge >= 0.3 is 0 Å². The molecule has 1 N–H and O–H groups in total. The first-order valence-corrected chi connectivity index (χ1v) is 13.6. The van der Waals surface area contributed by atoms with Crippen LogP contribution < -0.4 is 15.5 Å². The molecule has 3 atom stereocenters. The molecule has 6 rings (SSSR count). The third-order valence-electron chi connectivity index (χ3n) is 7.90. The summed E-state index contributed by atoms with van der Waals surface area (Å²) in [6, 6.07) is 11.3. The zero-order valence-corrected chi connectivity index (χ0v) is 23.0. The first kappa shape index (κ1) is 27.4. The maximum atomic E-state index is 14.2. The number of fused-ring (bicyclic) bond motifs is 5. The Balaban J connectivity index is 1.45. The first-order chi connectivity index (χ1) is 20.2. The van der Waals surface area contributed by atoms with Crippen molar-refractivity contribution in [2.45, 2.75) is 51.1 Å². The van der Waals surface area contributed by atoms with E-state index in [9.17, 15) is 23.2 Å². The van der Waals surface area contributed by atoms with Gasteiger partial charge < -0.3 is 24.4 Å². The van der Waals surface area contributed by atoms with Crippen LogP contribution in [0.5, 0.6) is 5.75 Å². The van der Waals surface area contributed by atoms with Crippen molar-refractivity contribution in [3.8, 4) is 5.75 Å². The molecular formula is C31H28F2N4O5. The minimum absolute atomic E-state index is 0.0105. The molecule has 3 aliphatic rings. The van der Waals surface area contributed by atoms with E-state index in [1.54, 1.807) is 9.47 Å². The number of pyridine rings is 1. The smallest absolute Gasteiger partial charge is 0.275 e. The molecule has 216 valence electrons. The molecule has 4 heterocycles. The average Bonchev–Trinajstić information content (AvgIpc) is 3.31. The van der Waals surface area contributed by atoms with Gasteiger partial charge in [0.2, 0.25) is 5.43 Å². The quantitative estimate of drug-likeness (QED) is 0.447. The molecule has 42 heavy (non-hydrogen) atoms. The van der Waals surface area contributed by atoms with Gasteiger partial charge in [-0.3, -0.25) is 14.4 Å². The molecule has 1 aromatic heterocycles. The zero-order valence-electron chi connectivity index (χ0n) is 23.0. The summed E-state index contributed by atoms with van der Waals surface area (Å²) in [4.78, 5) is 48.8. The molecule has 0 saturated carbocycles. The Kier molecular flexibility index (Phi) is 6.88. The van der Waals surface area contributed by atoms with Gasteiger partial charge in [-0.1, -0.05) is 47.6 Å². The van der Waals surface area contributed by atoms with E-state index >= 15 is 0 Å². The van der Waals surface area contributed by atoms with Crippen LogP contribution in [0.4, 0.5) is 8.78 Å². The predicted octanol–water partition coefficient (Wildman–Crippen LogP) is 4.13. The number of nitrogens with one attached hydrogen (secondary N) is 1. The molecule has 9 nitrogen and oxygen atoms in total. The first-order valence-electron chi connectivity index (χ1n) is 13.6. The summed E-state index contributed by atoms with van der Waals surface area (Å²) in [6.07, 6.45) is 5.56. The summed E-state index contributed by atoms with van der Waals surface area (Å²) in [6.45, 7) is 3.65. The molecule has 11 heteroatoms. The molecule has 0 radical (unpaired) electrons. The maximum Gasteiger partial charge on any atom is 0.275 e. The Bertz CT molecular complexity index is 1700. The normalized spacial score (nSPS) is 22.3. The van der Waals surface area contributed by atoms with E-state index < -0.39 is 40.5 Å². The van der Waals surface area contributed by atoms with E-state index in [0.717, 1.165) is 17.3 Å². The van der Waals surface area contributed by atoms with Crippen LogP contribution >= 0.6 is 0 Å². The van der Waals surface area contributed by atoms with Crippen molar-refractivity contribution in [3.63, 3.8) is 0 Å². The minimum Gasteiger partial charge on any atom is -0.483 e. The number of carbonyl (C=O) groups is 2. The van der Waals surface area contributed by atoms with Crippen LogP contribution in [0.2, 0.25) is 0 Å². The molecule has 2 bridgehead atoms. The van der Waals surface area contributed by atoms with Gasteiger partial charge in [0.05, 0.1) is 11.8 Å². The van der Waals surface area contributed by atoms with Gasteiger partial charge in [-0.2, -0.15) is 0 Å². The summed E-state index contributed by atoms with van der Waals surface area (Å²) in [5, 5.41) is 6.73. The van der Waals surface area contributed by atoms with E-state index in [2.05, 4.69) is 10.5 Å². The number of halogens is 2. The number of ether oxygens (including phenoxy) is 1. The van der Waals surface area contributed by atoms with Crippen molar-refractivity contribution >= 4 is 17.5 Å². The Labute approximate surface area is 240 Å². The van der Waals surface area contributed by atoms with Crippen molar-refractivity contribution in [1.29, 1.82) is 0 Å². The number of amides is 2. The topological polar surface area (TPSA) is 102 Å².